The van der Waals surface area contributed by atoms with E-state index in [1.54, 1.807) is 11.9 Å². The maximum Gasteiger partial charge on any atom is 0.251 e. The minimum Gasteiger partial charge on any atom is -0.352 e. The first-order valence-corrected chi connectivity index (χ1v) is 10.4. The van der Waals surface area contributed by atoms with Crippen molar-refractivity contribution in [2.24, 2.45) is 0 Å². The third-order valence-electron chi connectivity index (χ3n) is 5.03. The molecule has 0 bridgehead atoms. The van der Waals surface area contributed by atoms with Gasteiger partial charge in [-0.1, -0.05) is 30.3 Å². The quantitative estimate of drug-likeness (QED) is 0.488. The van der Waals surface area contributed by atoms with E-state index < -0.39 is 0 Å². The summed E-state index contributed by atoms with van der Waals surface area (Å²) in [5.41, 5.74) is 3.44. The maximum absolute atomic E-state index is 12.9. The molecule has 1 aromatic heterocycles. The van der Waals surface area contributed by atoms with E-state index in [0.29, 0.717) is 31.5 Å². The van der Waals surface area contributed by atoms with Gasteiger partial charge in [-0.25, -0.2) is 4.39 Å². The molecule has 3 rings (SSSR count). The molecule has 0 saturated heterocycles. The van der Waals surface area contributed by atoms with Crippen molar-refractivity contribution in [1.29, 1.82) is 0 Å². The molecule has 0 fully saturated rings. The number of halogens is 1. The zero-order valence-electron chi connectivity index (χ0n) is 17.6. The minimum atomic E-state index is -0.380. The number of hydrogen-bond donors (Lipinski definition) is 2. The Morgan fingerprint density at radius 2 is 1.81 bits per heavy atom. The minimum absolute atomic E-state index is 0.0469. The fourth-order valence-corrected chi connectivity index (χ4v) is 3.21. The van der Waals surface area contributed by atoms with Gasteiger partial charge in [0.15, 0.2) is 0 Å². The van der Waals surface area contributed by atoms with Crippen LogP contribution in [-0.2, 0) is 11.2 Å². The third-order valence-corrected chi connectivity index (χ3v) is 5.03. The summed E-state index contributed by atoms with van der Waals surface area (Å²) in [6, 6.07) is 17.4. The van der Waals surface area contributed by atoms with E-state index in [2.05, 4.69) is 15.5 Å². The first-order chi connectivity index (χ1) is 15.0. The summed E-state index contributed by atoms with van der Waals surface area (Å²) >= 11 is 0. The highest BCUT2D eigenvalue weighted by molar-refractivity contribution is 5.94. The van der Waals surface area contributed by atoms with Gasteiger partial charge in [-0.2, -0.15) is 5.10 Å². The highest BCUT2D eigenvalue weighted by Crippen LogP contribution is 2.17. The molecule has 3 aromatic rings. The van der Waals surface area contributed by atoms with Gasteiger partial charge in [-0.05, 0) is 49.6 Å². The Kier molecular flexibility index (Phi) is 7.92. The van der Waals surface area contributed by atoms with Crippen molar-refractivity contribution in [2.75, 3.05) is 20.1 Å². The van der Waals surface area contributed by atoms with Crippen molar-refractivity contribution in [1.82, 2.24) is 20.4 Å². The van der Waals surface area contributed by atoms with Crippen LogP contribution in [0.1, 0.15) is 35.3 Å². The van der Waals surface area contributed by atoms with Crippen LogP contribution in [0.4, 0.5) is 4.39 Å². The van der Waals surface area contributed by atoms with Gasteiger partial charge in [0.2, 0.25) is 5.91 Å². The van der Waals surface area contributed by atoms with E-state index >= 15 is 0 Å². The number of aryl methyl sites for hydroxylation is 1. The summed E-state index contributed by atoms with van der Waals surface area (Å²) in [6.45, 7) is 1.05. The molecule has 0 unspecified atom stereocenters. The molecule has 6 nitrogen and oxygen atoms in total. The number of rotatable bonds is 10. The number of nitrogens with zero attached hydrogens (tertiary/aromatic N) is 2. The SMILES string of the molecule is CN(CCCc1cc(-c2ccccc2)n[nH]1)C(=O)CCCNC(=O)c1ccc(F)cc1. The topological polar surface area (TPSA) is 78.1 Å². The van der Waals surface area contributed by atoms with Crippen LogP contribution in [-0.4, -0.2) is 47.0 Å². The van der Waals surface area contributed by atoms with Gasteiger partial charge in [0.25, 0.3) is 5.91 Å². The van der Waals surface area contributed by atoms with Crippen LogP contribution in [0.3, 0.4) is 0 Å². The van der Waals surface area contributed by atoms with Crippen LogP contribution < -0.4 is 5.32 Å². The van der Waals surface area contributed by atoms with Crippen LogP contribution in [0.5, 0.6) is 0 Å². The van der Waals surface area contributed by atoms with E-state index in [-0.39, 0.29) is 17.6 Å². The lowest BCUT2D eigenvalue weighted by atomic mass is 10.1. The molecule has 162 valence electrons. The van der Waals surface area contributed by atoms with Crippen LogP contribution >= 0.6 is 0 Å². The standard InChI is InChI=1S/C24H27FN4O2/c1-29(16-6-9-21-17-22(28-27-21)18-7-3-2-4-8-18)23(30)10-5-15-26-24(31)19-11-13-20(25)14-12-19/h2-4,7-8,11-14,17H,5-6,9-10,15-16H2,1H3,(H,26,31)(H,27,28). The number of hydrogen-bond acceptors (Lipinski definition) is 3. The molecule has 0 aliphatic rings. The zero-order valence-corrected chi connectivity index (χ0v) is 17.6. The molecular weight excluding hydrogens is 395 g/mol. The number of aromatic amines is 1. The molecule has 2 N–H and O–H groups in total. The summed E-state index contributed by atoms with van der Waals surface area (Å²) in [7, 11) is 1.79. The van der Waals surface area contributed by atoms with Gasteiger partial charge >= 0.3 is 0 Å². The van der Waals surface area contributed by atoms with Crippen molar-refractivity contribution in [3.8, 4) is 11.3 Å². The Labute approximate surface area is 181 Å². The van der Waals surface area contributed by atoms with Gasteiger partial charge in [0.1, 0.15) is 5.82 Å². The summed E-state index contributed by atoms with van der Waals surface area (Å²) in [4.78, 5) is 26.0. The molecule has 0 spiro atoms. The van der Waals surface area contributed by atoms with E-state index in [0.717, 1.165) is 29.8 Å². The molecule has 0 atom stereocenters. The van der Waals surface area contributed by atoms with Crippen molar-refractivity contribution in [3.05, 3.63) is 77.7 Å². The smallest absolute Gasteiger partial charge is 0.251 e. The number of carbonyl (C=O) groups excluding carboxylic acids is 2. The van der Waals surface area contributed by atoms with Crippen molar-refractivity contribution in [2.45, 2.75) is 25.7 Å². The normalized spacial score (nSPS) is 10.6. The van der Waals surface area contributed by atoms with Crippen molar-refractivity contribution in [3.63, 3.8) is 0 Å². The molecule has 0 aliphatic carbocycles. The predicted molar refractivity (Wildman–Crippen MR) is 118 cm³/mol. The van der Waals surface area contributed by atoms with E-state index in [1.807, 2.05) is 36.4 Å². The van der Waals surface area contributed by atoms with Crippen LogP contribution in [0.15, 0.2) is 60.7 Å². The molecule has 2 amide bonds. The van der Waals surface area contributed by atoms with E-state index in [1.165, 1.54) is 24.3 Å². The van der Waals surface area contributed by atoms with E-state index in [9.17, 15) is 14.0 Å². The summed E-state index contributed by atoms with van der Waals surface area (Å²) < 4.78 is 12.9. The number of benzene rings is 2. The molecule has 31 heavy (non-hydrogen) atoms. The molecule has 2 aromatic carbocycles. The van der Waals surface area contributed by atoms with Gasteiger partial charge in [0.05, 0.1) is 5.69 Å². The largest absolute Gasteiger partial charge is 0.352 e. The van der Waals surface area contributed by atoms with Crippen LogP contribution in [0.25, 0.3) is 11.3 Å². The molecule has 0 aliphatic heterocycles. The molecule has 1 heterocycles. The second-order valence-corrected chi connectivity index (χ2v) is 7.43. The lowest BCUT2D eigenvalue weighted by Crippen LogP contribution is -2.30. The Bertz CT molecular complexity index is 986. The van der Waals surface area contributed by atoms with Crippen LogP contribution in [0, 0.1) is 5.82 Å². The molecule has 7 heteroatoms. The molecule has 0 saturated carbocycles. The third kappa shape index (κ3) is 6.77. The van der Waals surface area contributed by atoms with Gasteiger partial charge in [0, 0.05) is 43.4 Å². The van der Waals surface area contributed by atoms with Crippen LogP contribution in [0.2, 0.25) is 0 Å². The van der Waals surface area contributed by atoms with Gasteiger partial charge in [-0.15, -0.1) is 0 Å². The highest BCUT2D eigenvalue weighted by atomic mass is 19.1. The average Bonchev–Trinajstić information content (AvgIpc) is 3.26. The van der Waals surface area contributed by atoms with Gasteiger partial charge < -0.3 is 10.2 Å². The number of aromatic nitrogens is 2. The lowest BCUT2D eigenvalue weighted by molar-refractivity contribution is -0.130. The summed E-state index contributed by atoms with van der Waals surface area (Å²) in [5, 5.41) is 10.2. The average molecular weight is 423 g/mol. The van der Waals surface area contributed by atoms with Crippen molar-refractivity contribution >= 4 is 11.8 Å². The molecular formula is C24H27FN4O2. The second kappa shape index (κ2) is 11.1. The zero-order chi connectivity index (χ0) is 22.1. The van der Waals surface area contributed by atoms with E-state index in [4.69, 9.17) is 0 Å². The fourth-order valence-electron chi connectivity index (χ4n) is 3.21. The second-order valence-electron chi connectivity index (χ2n) is 7.43. The Balaban J connectivity index is 1.32. The number of H-pyrrole nitrogens is 1. The first-order valence-electron chi connectivity index (χ1n) is 10.4. The van der Waals surface area contributed by atoms with Crippen molar-refractivity contribution < 1.29 is 14.0 Å². The number of nitrogens with one attached hydrogen (secondary N) is 2. The Morgan fingerprint density at radius 3 is 2.55 bits per heavy atom. The maximum atomic E-state index is 12.9. The Hall–Kier alpha value is -3.48. The van der Waals surface area contributed by atoms with Gasteiger partial charge in [-0.3, -0.25) is 14.7 Å². The monoisotopic (exact) mass is 422 g/mol. The molecule has 0 radical (unpaired) electrons. The highest BCUT2D eigenvalue weighted by Gasteiger charge is 2.10. The number of carbonyl (C=O) groups is 2. The summed E-state index contributed by atoms with van der Waals surface area (Å²) in [5.74, 6) is -0.602. The first kappa shape index (κ1) is 22.2. The fraction of sp³-hybridized carbons (Fsp3) is 0.292. The predicted octanol–water partition coefficient (Wildman–Crippen LogP) is 3.82. The lowest BCUT2D eigenvalue weighted by Gasteiger charge is -2.17. The Morgan fingerprint density at radius 1 is 1.06 bits per heavy atom. The number of amides is 2. The summed E-state index contributed by atoms with van der Waals surface area (Å²) in [6.07, 6.45) is 2.56.